The Morgan fingerprint density at radius 1 is 1.60 bits per heavy atom. The number of anilines is 1. The summed E-state index contributed by atoms with van der Waals surface area (Å²) in [6, 6.07) is 6.00. The lowest BCUT2D eigenvalue weighted by Crippen LogP contribution is -2.32. The van der Waals surface area contributed by atoms with Crippen LogP contribution in [0, 0.1) is 17.2 Å². The maximum atomic E-state index is 10.9. The van der Waals surface area contributed by atoms with E-state index in [4.69, 9.17) is 10.4 Å². The molecular weight excluding hydrogens is 294 g/mol. The van der Waals surface area contributed by atoms with Crippen molar-refractivity contribution in [3.63, 3.8) is 0 Å². The number of rotatable bonds is 6. The molecule has 2 aromatic heterocycles. The number of thiophene rings is 1. The van der Waals surface area contributed by atoms with Crippen molar-refractivity contribution < 1.29 is 9.90 Å². The highest BCUT2D eigenvalue weighted by Crippen LogP contribution is 2.30. The number of aliphatic carboxylic acids is 1. The summed E-state index contributed by atoms with van der Waals surface area (Å²) in [6.45, 7) is 2.04. The molecule has 5 nitrogen and oxygen atoms in total. The third-order valence-electron chi connectivity index (χ3n) is 2.71. The zero-order chi connectivity index (χ0) is 14.5. The molecule has 2 rings (SSSR count). The summed E-state index contributed by atoms with van der Waals surface area (Å²) < 4.78 is 0. The minimum Gasteiger partial charge on any atom is -0.481 e. The Balaban J connectivity index is 2.18. The van der Waals surface area contributed by atoms with Gasteiger partial charge in [-0.1, -0.05) is 13.0 Å². The van der Waals surface area contributed by atoms with Crippen molar-refractivity contribution in [3.8, 4) is 16.6 Å². The van der Waals surface area contributed by atoms with Crippen LogP contribution < -0.4 is 4.90 Å². The normalized spacial score (nSPS) is 11.8. The second-order valence-corrected chi connectivity index (χ2v) is 6.05. The first kappa shape index (κ1) is 14.5. The van der Waals surface area contributed by atoms with Gasteiger partial charge in [-0.3, -0.25) is 4.79 Å². The number of hydrogen-bond acceptors (Lipinski definition) is 6. The van der Waals surface area contributed by atoms with Crippen LogP contribution in [0.5, 0.6) is 0 Å². The van der Waals surface area contributed by atoms with Gasteiger partial charge >= 0.3 is 5.97 Å². The predicted molar refractivity (Wildman–Crippen MR) is 80.1 cm³/mol. The lowest BCUT2D eigenvalue weighted by Gasteiger charge is -2.20. The van der Waals surface area contributed by atoms with E-state index in [9.17, 15) is 4.79 Å². The molecule has 1 unspecified atom stereocenters. The molecule has 0 aliphatic heterocycles. The number of hydrogen-bond donors (Lipinski definition) is 1. The minimum atomic E-state index is -0.872. The lowest BCUT2D eigenvalue weighted by molar-refractivity contribution is -0.140. The maximum absolute atomic E-state index is 10.9. The van der Waals surface area contributed by atoms with E-state index in [2.05, 4.69) is 11.1 Å². The van der Waals surface area contributed by atoms with Crippen molar-refractivity contribution in [3.05, 3.63) is 22.9 Å². The molecule has 104 valence electrons. The summed E-state index contributed by atoms with van der Waals surface area (Å²) in [5.41, 5.74) is 0.867. The molecule has 0 spiro atoms. The number of carbonyl (C=O) groups is 1. The molecular formula is C13H13N3O2S2. The molecule has 0 aliphatic carbocycles. The standard InChI is InChI=1S/C13H13N3O2S2/c1-9(12(17)18)7-16(5-4-14)13-15-10(8-20-13)11-3-2-6-19-11/h2-3,6,8-9H,5,7H2,1H3,(H,17,18). The predicted octanol–water partition coefficient (Wildman–Crippen LogP) is 2.92. The van der Waals surface area contributed by atoms with Crippen molar-refractivity contribution >= 4 is 33.8 Å². The second kappa shape index (κ2) is 6.50. The Morgan fingerprint density at radius 2 is 2.40 bits per heavy atom. The SMILES string of the molecule is CC(CN(CC#N)c1nc(-c2cccs2)cs1)C(=O)O. The molecule has 0 saturated carbocycles. The zero-order valence-electron chi connectivity index (χ0n) is 10.8. The first-order valence-electron chi connectivity index (χ1n) is 5.96. The van der Waals surface area contributed by atoms with E-state index in [1.807, 2.05) is 22.9 Å². The van der Waals surface area contributed by atoms with Gasteiger partial charge in [-0.15, -0.1) is 22.7 Å². The molecule has 0 bridgehead atoms. The van der Waals surface area contributed by atoms with Crippen molar-refractivity contribution in [2.24, 2.45) is 5.92 Å². The van der Waals surface area contributed by atoms with Gasteiger partial charge in [-0.25, -0.2) is 4.98 Å². The Kier molecular flexibility index (Phi) is 4.71. The summed E-state index contributed by atoms with van der Waals surface area (Å²) >= 11 is 3.03. The number of aromatic nitrogens is 1. The highest BCUT2D eigenvalue weighted by molar-refractivity contribution is 7.16. The number of nitriles is 1. The Morgan fingerprint density at radius 3 is 3.00 bits per heavy atom. The highest BCUT2D eigenvalue weighted by atomic mass is 32.1. The quantitative estimate of drug-likeness (QED) is 0.830. The molecule has 1 N–H and O–H groups in total. The smallest absolute Gasteiger partial charge is 0.308 e. The number of thiazole rings is 1. The lowest BCUT2D eigenvalue weighted by atomic mass is 10.2. The molecule has 0 aromatic carbocycles. The van der Waals surface area contributed by atoms with Crippen molar-refractivity contribution in [1.29, 1.82) is 5.26 Å². The van der Waals surface area contributed by atoms with Crippen LogP contribution in [0.1, 0.15) is 6.92 Å². The third kappa shape index (κ3) is 3.35. The number of carboxylic acids is 1. The van der Waals surface area contributed by atoms with Gasteiger partial charge in [0, 0.05) is 11.9 Å². The summed E-state index contributed by atoms with van der Waals surface area (Å²) in [6.07, 6.45) is 0. The number of carboxylic acid groups (broad SMARTS) is 1. The summed E-state index contributed by atoms with van der Waals surface area (Å²) in [5, 5.41) is 22.4. The molecule has 0 amide bonds. The fourth-order valence-electron chi connectivity index (χ4n) is 1.65. The van der Waals surface area contributed by atoms with E-state index in [0.29, 0.717) is 5.13 Å². The third-order valence-corrected chi connectivity index (χ3v) is 4.51. The molecule has 0 radical (unpaired) electrons. The molecule has 0 saturated heterocycles. The van der Waals surface area contributed by atoms with Crippen LogP contribution in [0.4, 0.5) is 5.13 Å². The van der Waals surface area contributed by atoms with E-state index >= 15 is 0 Å². The van der Waals surface area contributed by atoms with Crippen molar-refractivity contribution in [2.45, 2.75) is 6.92 Å². The average molecular weight is 307 g/mol. The van der Waals surface area contributed by atoms with Gasteiger partial charge in [0.1, 0.15) is 6.54 Å². The molecule has 20 heavy (non-hydrogen) atoms. The van der Waals surface area contributed by atoms with Crippen LogP contribution in [0.3, 0.4) is 0 Å². The van der Waals surface area contributed by atoms with Gasteiger partial charge < -0.3 is 10.0 Å². The molecule has 7 heteroatoms. The van der Waals surface area contributed by atoms with Gasteiger partial charge in [-0.05, 0) is 11.4 Å². The fraction of sp³-hybridized carbons (Fsp3) is 0.308. The largest absolute Gasteiger partial charge is 0.481 e. The van der Waals surface area contributed by atoms with E-state index in [0.717, 1.165) is 10.6 Å². The van der Waals surface area contributed by atoms with Gasteiger partial charge in [0.05, 0.1) is 22.6 Å². The molecule has 0 aliphatic rings. The molecule has 1 atom stereocenters. The van der Waals surface area contributed by atoms with Crippen molar-refractivity contribution in [1.82, 2.24) is 4.98 Å². The Hall–Kier alpha value is -1.91. The summed E-state index contributed by atoms with van der Waals surface area (Å²) in [7, 11) is 0. The molecule has 2 heterocycles. The van der Waals surface area contributed by atoms with Crippen LogP contribution in [-0.4, -0.2) is 29.1 Å². The summed E-state index contributed by atoms with van der Waals surface area (Å²) in [4.78, 5) is 18.2. The highest BCUT2D eigenvalue weighted by Gasteiger charge is 2.19. The van der Waals surface area contributed by atoms with Gasteiger partial charge in [0.15, 0.2) is 5.13 Å². The van der Waals surface area contributed by atoms with E-state index in [1.165, 1.54) is 11.3 Å². The number of nitrogens with zero attached hydrogens (tertiary/aromatic N) is 3. The van der Waals surface area contributed by atoms with Crippen LogP contribution in [0.15, 0.2) is 22.9 Å². The van der Waals surface area contributed by atoms with E-state index < -0.39 is 11.9 Å². The van der Waals surface area contributed by atoms with Crippen molar-refractivity contribution in [2.75, 3.05) is 18.0 Å². The fourth-order valence-corrected chi connectivity index (χ4v) is 3.25. The minimum absolute atomic E-state index is 0.134. The second-order valence-electron chi connectivity index (χ2n) is 4.27. The van der Waals surface area contributed by atoms with Crippen LogP contribution >= 0.6 is 22.7 Å². The van der Waals surface area contributed by atoms with Gasteiger partial charge in [-0.2, -0.15) is 5.26 Å². The molecule has 2 aromatic rings. The first-order valence-corrected chi connectivity index (χ1v) is 7.72. The zero-order valence-corrected chi connectivity index (χ0v) is 12.4. The van der Waals surface area contributed by atoms with Gasteiger partial charge in [0.2, 0.25) is 0 Å². The van der Waals surface area contributed by atoms with E-state index in [-0.39, 0.29) is 13.1 Å². The van der Waals surface area contributed by atoms with Gasteiger partial charge in [0.25, 0.3) is 0 Å². The molecule has 0 fully saturated rings. The monoisotopic (exact) mass is 307 g/mol. The maximum Gasteiger partial charge on any atom is 0.308 e. The topological polar surface area (TPSA) is 77.2 Å². The Labute approximate surface area is 124 Å². The van der Waals surface area contributed by atoms with Crippen LogP contribution in [0.25, 0.3) is 10.6 Å². The average Bonchev–Trinajstić information content (AvgIpc) is 3.08. The van der Waals surface area contributed by atoms with E-state index in [1.54, 1.807) is 23.2 Å². The first-order chi connectivity index (χ1) is 9.61. The van der Waals surface area contributed by atoms with Crippen LogP contribution in [0.2, 0.25) is 0 Å². The summed E-state index contributed by atoms with van der Waals surface area (Å²) in [5.74, 6) is -1.42. The Bertz CT molecular complexity index is 616. The van der Waals surface area contributed by atoms with Crippen LogP contribution in [-0.2, 0) is 4.79 Å².